The third-order valence-corrected chi connectivity index (χ3v) is 3.15. The summed E-state index contributed by atoms with van der Waals surface area (Å²) in [4.78, 5) is 0.631. The van der Waals surface area contributed by atoms with E-state index in [-0.39, 0.29) is 0 Å². The lowest BCUT2D eigenvalue weighted by Gasteiger charge is -1.93. The number of fused-ring (bicyclic) bond motifs is 1. The molecule has 0 aliphatic carbocycles. The zero-order chi connectivity index (χ0) is 10.1. The number of hydrogen-bond acceptors (Lipinski definition) is 3. The zero-order valence-electron chi connectivity index (χ0n) is 6.91. The second-order valence-electron chi connectivity index (χ2n) is 2.70. The van der Waals surface area contributed by atoms with Crippen LogP contribution in [0.2, 0.25) is 5.02 Å². The Hall–Kier alpha value is -1.55. The van der Waals surface area contributed by atoms with Crippen molar-refractivity contribution < 1.29 is 0 Å². The van der Waals surface area contributed by atoms with Crippen molar-refractivity contribution in [2.45, 2.75) is 0 Å². The minimum atomic E-state index is 0.436. The van der Waals surface area contributed by atoms with E-state index in [1.165, 1.54) is 11.3 Å². The fraction of sp³-hybridized carbons (Fsp3) is 0. The van der Waals surface area contributed by atoms with Crippen LogP contribution < -0.4 is 0 Å². The first kappa shape index (κ1) is 9.02. The van der Waals surface area contributed by atoms with Crippen molar-refractivity contribution in [2.75, 3.05) is 0 Å². The van der Waals surface area contributed by atoms with Gasteiger partial charge in [0.05, 0.1) is 10.6 Å². The Morgan fingerprint density at radius 2 is 1.93 bits per heavy atom. The number of halogens is 1. The highest BCUT2D eigenvalue weighted by atomic mass is 35.5. The van der Waals surface area contributed by atoms with E-state index < -0.39 is 0 Å². The Morgan fingerprint density at radius 3 is 2.57 bits per heavy atom. The predicted molar refractivity (Wildman–Crippen MR) is 56.3 cm³/mol. The largest absolute Gasteiger partial charge is 0.192 e. The number of nitriles is 2. The first-order valence-electron chi connectivity index (χ1n) is 3.78. The molecule has 1 heterocycles. The number of thiophene rings is 1. The maximum Gasteiger partial charge on any atom is 0.110 e. The van der Waals surface area contributed by atoms with Gasteiger partial charge in [-0.15, -0.1) is 11.3 Å². The van der Waals surface area contributed by atoms with Gasteiger partial charge in [0.15, 0.2) is 0 Å². The molecule has 0 spiro atoms. The highest BCUT2D eigenvalue weighted by Gasteiger charge is 2.05. The van der Waals surface area contributed by atoms with E-state index in [1.807, 2.05) is 6.07 Å². The molecular weight excluding hydrogens is 216 g/mol. The van der Waals surface area contributed by atoms with Crippen molar-refractivity contribution in [1.29, 1.82) is 10.5 Å². The van der Waals surface area contributed by atoms with E-state index in [9.17, 15) is 0 Å². The molecule has 0 fully saturated rings. The SMILES string of the molecule is N#Cc1cc2cc(C#N)c(Cl)cc2s1. The average molecular weight is 219 g/mol. The third-order valence-electron chi connectivity index (χ3n) is 1.84. The van der Waals surface area contributed by atoms with E-state index in [1.54, 1.807) is 18.2 Å². The van der Waals surface area contributed by atoms with Crippen LogP contribution in [0.15, 0.2) is 18.2 Å². The van der Waals surface area contributed by atoms with Crippen LogP contribution in [0.1, 0.15) is 10.4 Å². The van der Waals surface area contributed by atoms with Gasteiger partial charge in [-0.25, -0.2) is 0 Å². The van der Waals surface area contributed by atoms with E-state index in [0.717, 1.165) is 10.1 Å². The topological polar surface area (TPSA) is 47.6 Å². The lowest BCUT2D eigenvalue weighted by molar-refractivity contribution is 1.50. The fourth-order valence-electron chi connectivity index (χ4n) is 1.20. The highest BCUT2D eigenvalue weighted by Crippen LogP contribution is 2.30. The zero-order valence-corrected chi connectivity index (χ0v) is 8.49. The Balaban J connectivity index is 2.79. The second-order valence-corrected chi connectivity index (χ2v) is 4.20. The maximum atomic E-state index is 8.75. The molecule has 2 rings (SSSR count). The van der Waals surface area contributed by atoms with Gasteiger partial charge in [0.1, 0.15) is 17.0 Å². The van der Waals surface area contributed by atoms with Crippen LogP contribution >= 0.6 is 22.9 Å². The van der Waals surface area contributed by atoms with Gasteiger partial charge in [0.25, 0.3) is 0 Å². The van der Waals surface area contributed by atoms with Gasteiger partial charge in [-0.1, -0.05) is 11.6 Å². The van der Waals surface area contributed by atoms with Gasteiger partial charge in [-0.05, 0) is 23.6 Å². The monoisotopic (exact) mass is 218 g/mol. The summed E-state index contributed by atoms with van der Waals surface area (Å²) < 4.78 is 0.936. The quantitative estimate of drug-likeness (QED) is 0.681. The summed E-state index contributed by atoms with van der Waals surface area (Å²) >= 11 is 7.23. The molecule has 0 N–H and O–H groups in total. The molecule has 14 heavy (non-hydrogen) atoms. The molecule has 0 amide bonds. The lowest BCUT2D eigenvalue weighted by Crippen LogP contribution is -1.74. The Morgan fingerprint density at radius 1 is 1.14 bits per heavy atom. The van der Waals surface area contributed by atoms with Crippen molar-refractivity contribution in [3.63, 3.8) is 0 Å². The van der Waals surface area contributed by atoms with Crippen molar-refractivity contribution in [3.05, 3.63) is 33.7 Å². The van der Waals surface area contributed by atoms with Crippen molar-refractivity contribution >= 4 is 33.0 Å². The molecule has 0 aliphatic heterocycles. The molecule has 0 bridgehead atoms. The Kier molecular flexibility index (Phi) is 2.13. The molecule has 66 valence electrons. The van der Waals surface area contributed by atoms with Crippen molar-refractivity contribution in [2.24, 2.45) is 0 Å². The van der Waals surface area contributed by atoms with Crippen LogP contribution in [0, 0.1) is 22.7 Å². The van der Waals surface area contributed by atoms with Crippen LogP contribution in [0.25, 0.3) is 10.1 Å². The van der Waals surface area contributed by atoms with Crippen LogP contribution in [0.4, 0.5) is 0 Å². The van der Waals surface area contributed by atoms with Crippen molar-refractivity contribution in [1.82, 2.24) is 0 Å². The number of benzene rings is 1. The summed E-state index contributed by atoms with van der Waals surface area (Å²) in [6, 6.07) is 9.26. The van der Waals surface area contributed by atoms with E-state index in [4.69, 9.17) is 22.1 Å². The van der Waals surface area contributed by atoms with Crippen LogP contribution in [0.5, 0.6) is 0 Å². The average Bonchev–Trinajstić information content (AvgIpc) is 2.58. The van der Waals surface area contributed by atoms with Crippen LogP contribution in [0.3, 0.4) is 0 Å². The molecule has 0 unspecified atom stereocenters. The molecule has 1 aromatic carbocycles. The summed E-state index contributed by atoms with van der Waals surface area (Å²) in [6.45, 7) is 0. The van der Waals surface area contributed by atoms with Gasteiger partial charge >= 0.3 is 0 Å². The molecule has 2 aromatic rings. The molecule has 4 heteroatoms. The van der Waals surface area contributed by atoms with Gasteiger partial charge in [-0.3, -0.25) is 0 Å². The molecule has 0 atom stereocenters. The normalized spacial score (nSPS) is 9.64. The number of rotatable bonds is 0. The van der Waals surface area contributed by atoms with Gasteiger partial charge < -0.3 is 0 Å². The Labute approximate surface area is 89.6 Å². The maximum absolute atomic E-state index is 8.75. The van der Waals surface area contributed by atoms with Gasteiger partial charge in [-0.2, -0.15) is 10.5 Å². The standard InChI is InChI=1S/C10H3ClN2S/c11-9-3-10-6(1-7(9)4-12)2-8(5-13)14-10/h1-3H. The smallest absolute Gasteiger partial charge is 0.110 e. The van der Waals surface area contributed by atoms with E-state index in [0.29, 0.717) is 15.5 Å². The molecule has 0 aliphatic rings. The lowest BCUT2D eigenvalue weighted by atomic mass is 10.2. The molecule has 2 nitrogen and oxygen atoms in total. The highest BCUT2D eigenvalue weighted by molar-refractivity contribution is 7.19. The third kappa shape index (κ3) is 1.33. The minimum Gasteiger partial charge on any atom is -0.192 e. The van der Waals surface area contributed by atoms with Gasteiger partial charge in [0, 0.05) is 4.70 Å². The molecule has 1 aromatic heterocycles. The number of nitrogens with zero attached hydrogens (tertiary/aromatic N) is 2. The van der Waals surface area contributed by atoms with Crippen LogP contribution in [-0.2, 0) is 0 Å². The summed E-state index contributed by atoms with van der Waals surface area (Å²) in [7, 11) is 0. The first-order valence-corrected chi connectivity index (χ1v) is 4.97. The van der Waals surface area contributed by atoms with Crippen molar-refractivity contribution in [3.8, 4) is 12.1 Å². The fourth-order valence-corrected chi connectivity index (χ4v) is 2.35. The summed E-state index contributed by atoms with van der Waals surface area (Å²) in [5, 5.41) is 18.8. The predicted octanol–water partition coefficient (Wildman–Crippen LogP) is 3.30. The molecule has 0 radical (unpaired) electrons. The molecular formula is C10H3ClN2S. The molecule has 0 saturated heterocycles. The van der Waals surface area contributed by atoms with Gasteiger partial charge in [0.2, 0.25) is 0 Å². The van der Waals surface area contributed by atoms with E-state index in [2.05, 4.69) is 6.07 Å². The van der Waals surface area contributed by atoms with E-state index >= 15 is 0 Å². The summed E-state index contributed by atoms with van der Waals surface area (Å²) in [6.07, 6.45) is 0. The number of hydrogen-bond donors (Lipinski definition) is 0. The Bertz CT molecular complexity index is 586. The minimum absolute atomic E-state index is 0.436. The summed E-state index contributed by atoms with van der Waals surface area (Å²) in [5.74, 6) is 0. The summed E-state index contributed by atoms with van der Waals surface area (Å²) in [5.41, 5.74) is 0.446. The van der Waals surface area contributed by atoms with Crippen LogP contribution in [-0.4, -0.2) is 0 Å². The molecule has 0 saturated carbocycles. The second kappa shape index (κ2) is 3.31. The first-order chi connectivity index (χ1) is 6.74.